The quantitative estimate of drug-likeness (QED) is 0.0192. The van der Waals surface area contributed by atoms with Gasteiger partial charge in [0, 0.05) is 17.3 Å². The number of nitrogens with zero attached hydrogens (tertiary/aromatic N) is 4. The van der Waals surface area contributed by atoms with Gasteiger partial charge in [0.15, 0.2) is 0 Å². The van der Waals surface area contributed by atoms with Gasteiger partial charge in [-0.1, -0.05) is 158 Å². The summed E-state index contributed by atoms with van der Waals surface area (Å²) in [5.74, 6) is 0. The van der Waals surface area contributed by atoms with Gasteiger partial charge in [0.05, 0.1) is 52.4 Å². The van der Waals surface area contributed by atoms with Crippen molar-refractivity contribution in [1.82, 2.24) is 0 Å². The molecule has 0 aliphatic carbocycles. The molecule has 0 rings (SSSR count). The van der Waals surface area contributed by atoms with E-state index in [1.54, 1.807) is 0 Å². The normalized spacial score (nSPS) is 14.3. The van der Waals surface area contributed by atoms with Gasteiger partial charge >= 0.3 is 27.8 Å². The molecule has 0 aromatic carbocycles. The van der Waals surface area contributed by atoms with Crippen LogP contribution in [0, 0.1) is 0 Å². The number of hydrogen-bond acceptors (Lipinski definition) is 13. The summed E-state index contributed by atoms with van der Waals surface area (Å²) in [5.41, 5.74) is 0. The zero-order valence-electron chi connectivity index (χ0n) is 43.0. The van der Waals surface area contributed by atoms with Crippen molar-refractivity contribution in [2.45, 2.75) is 235 Å². The molecule has 392 valence electrons. The molecular weight excluding hydrogens is 1150 g/mol. The van der Waals surface area contributed by atoms with Crippen LogP contribution >= 0.6 is 58.7 Å². The summed E-state index contributed by atoms with van der Waals surface area (Å²) in [7, 11) is 4.09. The molecule has 4 unspecified atom stereocenters. The Morgan fingerprint density at radius 1 is 0.258 bits per heavy atom. The van der Waals surface area contributed by atoms with Crippen molar-refractivity contribution in [3.8, 4) is 0 Å². The third kappa shape index (κ3) is 47.1. The summed E-state index contributed by atoms with van der Waals surface area (Å²) in [5, 5.41) is 0. The van der Waals surface area contributed by atoms with E-state index < -0.39 is 0 Å². The summed E-state index contributed by atoms with van der Waals surface area (Å²) in [4.78, 5) is 0. The first-order chi connectivity index (χ1) is 31.3. The predicted molar refractivity (Wildman–Crippen MR) is 332 cm³/mol. The number of unbranched alkanes of at least 4 members (excludes halogenated alkanes) is 20. The Kier molecular flexibility index (Phi) is 64.8. The van der Waals surface area contributed by atoms with Gasteiger partial charge in [0.2, 0.25) is 0 Å². The molecule has 0 aromatic rings. The SMILES string of the molecule is CCCCCCCC[N+]([S-])(CCC)C(=S)[S-].CCCCCCCC[N+]([S-])(CCC)C(=S)[S-].CCCCCCCC[N+]([S-])(CCC)C(=S)[S-].CCCCCCCC[N+]([S-])(CCC)C(=S)[S-].[S]=[Mo+4]. The molecule has 0 N–H and O–H groups in total. The molecule has 0 amide bonds. The Hall–Kier alpha value is 3.39. The fraction of sp³-hybridized carbons (Fsp3) is 0.917. The zero-order valence-corrected chi connectivity index (χ0v) is 55.6. The van der Waals surface area contributed by atoms with Crippen LogP contribution in [0.5, 0.6) is 0 Å². The van der Waals surface area contributed by atoms with Crippen molar-refractivity contribution < 1.29 is 33.5 Å². The van der Waals surface area contributed by atoms with Gasteiger partial charge in [0.25, 0.3) is 0 Å². The second-order valence-corrected chi connectivity index (χ2v) is 24.4. The molecule has 0 aliphatic heterocycles. The molecule has 0 heterocycles. The van der Waals surface area contributed by atoms with Crippen LogP contribution in [-0.2, 0) is 120 Å². The minimum absolute atomic E-state index is 0.398. The Balaban J connectivity index is -0.000000247. The Morgan fingerprint density at radius 2 is 0.394 bits per heavy atom. The summed E-state index contributed by atoms with van der Waals surface area (Å²) >= 11 is 64.4. The summed E-state index contributed by atoms with van der Waals surface area (Å²) in [6.45, 7) is 24.9. The molecule has 66 heavy (non-hydrogen) atoms. The van der Waals surface area contributed by atoms with Crippen LogP contribution in [0.25, 0.3) is 0 Å². The third-order valence-corrected chi connectivity index (χ3v) is 17.1. The van der Waals surface area contributed by atoms with Crippen molar-refractivity contribution in [3.05, 3.63) is 0 Å². The van der Waals surface area contributed by atoms with Gasteiger partial charge < -0.3 is 166 Å². The van der Waals surface area contributed by atoms with E-state index in [4.69, 9.17) is 151 Å². The first-order valence-corrected chi connectivity index (χ1v) is 33.1. The molecule has 0 bridgehead atoms. The topological polar surface area (TPSA) is 0 Å². The van der Waals surface area contributed by atoms with Crippen molar-refractivity contribution in [2.24, 2.45) is 0 Å². The number of hydrogen-bond donors (Lipinski definition) is 0. The molecule has 4 atom stereocenters. The van der Waals surface area contributed by atoms with E-state index in [9.17, 15) is 0 Å². The fourth-order valence-electron chi connectivity index (χ4n) is 7.21. The maximum absolute atomic E-state index is 5.52. The number of thiocarbonyl (C=S) groups is 4. The number of rotatable bonds is 36. The maximum atomic E-state index is 5.52. The molecule has 0 aromatic heterocycles. The van der Waals surface area contributed by atoms with Gasteiger partial charge in [-0.15, -0.1) is 0 Å². The van der Waals surface area contributed by atoms with Gasteiger partial charge in [0.1, 0.15) is 0 Å². The van der Waals surface area contributed by atoms with Crippen LogP contribution < -0.4 is 0 Å². The van der Waals surface area contributed by atoms with E-state index in [-0.39, 0.29) is 0 Å². The van der Waals surface area contributed by atoms with Crippen LogP contribution in [-0.4, -0.2) is 85.2 Å². The van der Waals surface area contributed by atoms with E-state index in [2.05, 4.69) is 65.2 Å². The van der Waals surface area contributed by atoms with E-state index in [1.165, 1.54) is 146 Å². The second-order valence-electron chi connectivity index (χ2n) is 17.5. The molecule has 18 heteroatoms. The van der Waals surface area contributed by atoms with Gasteiger partial charge in [-0.05, 0) is 77.0 Å². The van der Waals surface area contributed by atoms with Crippen molar-refractivity contribution in [1.29, 1.82) is 0 Å². The van der Waals surface area contributed by atoms with E-state index >= 15 is 0 Å². The average molecular weight is 1240 g/mol. The molecule has 0 radical (unpaired) electrons. The van der Waals surface area contributed by atoms with E-state index in [0.29, 0.717) is 32.8 Å². The first-order valence-electron chi connectivity index (χ1n) is 25.6. The molecule has 4 nitrogen and oxygen atoms in total. The first kappa shape index (κ1) is 78.3. The molecule has 0 saturated carbocycles. The predicted octanol–water partition coefficient (Wildman–Crippen LogP) is 16.1. The van der Waals surface area contributed by atoms with Crippen LogP contribution in [0.15, 0.2) is 0 Å². The van der Waals surface area contributed by atoms with Gasteiger partial charge in [-0.3, -0.25) is 0 Å². The molecular formula is C48H96MoN4S13. The monoisotopic (exact) mass is 1240 g/mol. The fourth-order valence-corrected chi connectivity index (χ4v) is 9.92. The van der Waals surface area contributed by atoms with Gasteiger partial charge in [-0.2, -0.15) is 0 Å². The molecule has 0 aliphatic rings. The van der Waals surface area contributed by atoms with Crippen molar-refractivity contribution >= 4 is 178 Å². The van der Waals surface area contributed by atoms with Gasteiger partial charge in [-0.25, -0.2) is 0 Å². The average Bonchev–Trinajstić information content (AvgIpc) is 3.27. The Labute approximate surface area is 493 Å². The van der Waals surface area contributed by atoms with Crippen molar-refractivity contribution in [2.75, 3.05) is 52.4 Å². The second kappa shape index (κ2) is 54.6. The molecule has 0 spiro atoms. The summed E-state index contributed by atoms with van der Waals surface area (Å²) < 4.78 is 3.78. The minimum atomic E-state index is 0.398. The Morgan fingerprint density at radius 3 is 0.515 bits per heavy atom. The standard InChI is InChI=1S/4C12H25NS3.Mo.S/c4*1-3-5-6-7-8-9-11-13(16,10-4-2)12(14)15;;/h4*3-11H2,1-2H3,(H,14,15);;/q;;;;+4;/p-4. The molecule has 0 fully saturated rings. The third-order valence-electron chi connectivity index (χ3n) is 11.2. The summed E-state index contributed by atoms with van der Waals surface area (Å²) in [6, 6.07) is 0. The zero-order chi connectivity index (χ0) is 51.8. The molecule has 0 saturated heterocycles. The number of quaternary nitrogens is 4. The van der Waals surface area contributed by atoms with E-state index in [1.807, 2.05) is 0 Å². The van der Waals surface area contributed by atoms with Crippen LogP contribution in [0.1, 0.15) is 235 Å². The van der Waals surface area contributed by atoms with Crippen molar-refractivity contribution in [3.63, 3.8) is 0 Å². The summed E-state index contributed by atoms with van der Waals surface area (Å²) in [6.07, 6.45) is 35.1. The van der Waals surface area contributed by atoms with Crippen LogP contribution in [0.3, 0.4) is 0 Å². The van der Waals surface area contributed by atoms with Crippen LogP contribution in [0.2, 0.25) is 0 Å². The van der Waals surface area contributed by atoms with Crippen LogP contribution in [0.4, 0.5) is 0 Å². The Bertz CT molecular complexity index is 980. The van der Waals surface area contributed by atoms with E-state index in [0.717, 1.165) is 104 Å².